The van der Waals surface area contributed by atoms with Gasteiger partial charge in [-0.05, 0) is 30.7 Å². The van der Waals surface area contributed by atoms with Crippen molar-refractivity contribution >= 4 is 10.0 Å². The third kappa shape index (κ3) is 3.82. The molecule has 9 heteroatoms. The van der Waals surface area contributed by atoms with Gasteiger partial charge in [0.15, 0.2) is 0 Å². The highest BCUT2D eigenvalue weighted by Gasteiger charge is 2.30. The van der Waals surface area contributed by atoms with E-state index < -0.39 is 10.0 Å². The normalized spacial score (nSPS) is 14.8. The summed E-state index contributed by atoms with van der Waals surface area (Å²) in [6.45, 7) is 3.67. The summed E-state index contributed by atoms with van der Waals surface area (Å²) in [6.07, 6.45) is 3.46. The number of hydrogen-bond donors (Lipinski definition) is 0. The summed E-state index contributed by atoms with van der Waals surface area (Å²) in [5, 5.41) is 8.32. The number of rotatable bonds is 6. The largest absolute Gasteiger partial charge is 0.370 e. The Hall–Kier alpha value is -2.62. The van der Waals surface area contributed by atoms with Crippen LogP contribution in [0.4, 0.5) is 0 Å². The van der Waals surface area contributed by atoms with Crippen LogP contribution in [0.25, 0.3) is 0 Å². The topological polar surface area (TPSA) is 90.2 Å². The Bertz CT molecular complexity index is 1050. The first-order valence-corrected chi connectivity index (χ1v) is 10.4. The van der Waals surface area contributed by atoms with Crippen molar-refractivity contribution in [3.8, 4) is 0 Å². The standard InChI is InChI=1S/C19H21N5O3S/c1-15-4-6-17(7-5-15)28(25,26)23-9-10-24-19(12-23)18(21-22-24)14-27-13-16-3-2-8-20-11-16/h2-8,11H,9-10,12-14H2,1H3. The fourth-order valence-electron chi connectivity index (χ4n) is 3.10. The van der Waals surface area contributed by atoms with Crippen molar-refractivity contribution in [1.82, 2.24) is 24.3 Å². The summed E-state index contributed by atoms with van der Waals surface area (Å²) in [6, 6.07) is 10.7. The minimum atomic E-state index is -3.56. The zero-order valence-corrected chi connectivity index (χ0v) is 16.3. The highest BCUT2D eigenvalue weighted by Crippen LogP contribution is 2.23. The molecular weight excluding hydrogens is 378 g/mol. The molecule has 0 radical (unpaired) electrons. The molecule has 0 fully saturated rings. The van der Waals surface area contributed by atoms with Gasteiger partial charge in [0, 0.05) is 18.9 Å². The number of aromatic nitrogens is 4. The van der Waals surface area contributed by atoms with Crippen LogP contribution < -0.4 is 0 Å². The van der Waals surface area contributed by atoms with Gasteiger partial charge in [0.1, 0.15) is 5.69 Å². The van der Waals surface area contributed by atoms with E-state index in [0.29, 0.717) is 30.3 Å². The molecule has 4 rings (SSSR count). The molecule has 146 valence electrons. The number of benzene rings is 1. The van der Waals surface area contributed by atoms with Crippen molar-refractivity contribution in [1.29, 1.82) is 0 Å². The van der Waals surface area contributed by atoms with Crippen LogP contribution in [0.1, 0.15) is 22.5 Å². The molecule has 0 atom stereocenters. The molecule has 1 aliphatic heterocycles. The fourth-order valence-corrected chi connectivity index (χ4v) is 4.49. The number of pyridine rings is 1. The van der Waals surface area contributed by atoms with Crippen LogP contribution in [0.5, 0.6) is 0 Å². The van der Waals surface area contributed by atoms with Crippen LogP contribution in [0.15, 0.2) is 53.7 Å². The Morgan fingerprint density at radius 1 is 1.11 bits per heavy atom. The van der Waals surface area contributed by atoms with E-state index in [1.54, 1.807) is 41.3 Å². The molecule has 3 aromatic rings. The van der Waals surface area contributed by atoms with E-state index in [1.807, 2.05) is 19.1 Å². The van der Waals surface area contributed by atoms with Crippen LogP contribution in [0, 0.1) is 6.92 Å². The predicted octanol–water partition coefficient (Wildman–Crippen LogP) is 1.90. The van der Waals surface area contributed by atoms with Crippen LogP contribution in [-0.4, -0.2) is 39.2 Å². The minimum absolute atomic E-state index is 0.231. The lowest BCUT2D eigenvalue weighted by Crippen LogP contribution is -2.38. The Morgan fingerprint density at radius 3 is 2.68 bits per heavy atom. The average molecular weight is 399 g/mol. The Labute approximate surface area is 163 Å². The highest BCUT2D eigenvalue weighted by molar-refractivity contribution is 7.89. The molecule has 1 aromatic carbocycles. The lowest BCUT2D eigenvalue weighted by atomic mass is 10.2. The SMILES string of the molecule is Cc1ccc(S(=O)(=O)N2CCn3nnc(COCc4cccnc4)c3C2)cc1. The van der Waals surface area contributed by atoms with E-state index in [2.05, 4.69) is 15.3 Å². The Balaban J connectivity index is 1.47. The molecule has 2 aromatic heterocycles. The molecule has 0 N–H and O–H groups in total. The maximum Gasteiger partial charge on any atom is 0.243 e. The predicted molar refractivity (Wildman–Crippen MR) is 102 cm³/mol. The number of aryl methyl sites for hydroxylation is 1. The van der Waals surface area contributed by atoms with E-state index in [-0.39, 0.29) is 13.2 Å². The van der Waals surface area contributed by atoms with Crippen LogP contribution in [0.2, 0.25) is 0 Å². The van der Waals surface area contributed by atoms with Gasteiger partial charge in [-0.2, -0.15) is 4.31 Å². The van der Waals surface area contributed by atoms with Gasteiger partial charge >= 0.3 is 0 Å². The molecule has 0 spiro atoms. The summed E-state index contributed by atoms with van der Waals surface area (Å²) >= 11 is 0. The second-order valence-corrected chi connectivity index (χ2v) is 8.65. The smallest absolute Gasteiger partial charge is 0.243 e. The molecule has 0 amide bonds. The Morgan fingerprint density at radius 2 is 1.93 bits per heavy atom. The maximum absolute atomic E-state index is 13.0. The van der Waals surface area contributed by atoms with Gasteiger partial charge in [-0.1, -0.05) is 29.0 Å². The number of ether oxygens (including phenoxy) is 1. The molecule has 0 aliphatic carbocycles. The van der Waals surface area contributed by atoms with Crippen molar-refractivity contribution in [2.45, 2.75) is 38.1 Å². The lowest BCUT2D eigenvalue weighted by Gasteiger charge is -2.27. The molecule has 0 unspecified atom stereocenters. The number of nitrogens with zero attached hydrogens (tertiary/aromatic N) is 5. The van der Waals surface area contributed by atoms with Crippen molar-refractivity contribution in [2.24, 2.45) is 0 Å². The van der Waals surface area contributed by atoms with Gasteiger partial charge < -0.3 is 4.74 Å². The number of sulfonamides is 1. The van der Waals surface area contributed by atoms with E-state index in [0.717, 1.165) is 16.8 Å². The average Bonchev–Trinajstić information content (AvgIpc) is 3.11. The van der Waals surface area contributed by atoms with Gasteiger partial charge in [0.05, 0.1) is 36.9 Å². The molecule has 0 bridgehead atoms. The molecule has 8 nitrogen and oxygen atoms in total. The molecule has 0 saturated heterocycles. The first-order chi connectivity index (χ1) is 13.5. The molecule has 0 saturated carbocycles. The number of hydrogen-bond acceptors (Lipinski definition) is 6. The number of fused-ring (bicyclic) bond motifs is 1. The first-order valence-electron chi connectivity index (χ1n) is 8.99. The Kier molecular flexibility index (Phi) is 5.21. The zero-order valence-electron chi connectivity index (χ0n) is 15.5. The van der Waals surface area contributed by atoms with Crippen molar-refractivity contribution in [3.63, 3.8) is 0 Å². The first kappa shape index (κ1) is 18.7. The maximum atomic E-state index is 13.0. The molecule has 28 heavy (non-hydrogen) atoms. The quantitative estimate of drug-likeness (QED) is 0.629. The second-order valence-electron chi connectivity index (χ2n) is 6.71. The van der Waals surface area contributed by atoms with Crippen LogP contribution in [-0.2, 0) is 41.1 Å². The third-order valence-corrected chi connectivity index (χ3v) is 6.55. The van der Waals surface area contributed by atoms with Gasteiger partial charge in [-0.25, -0.2) is 13.1 Å². The van der Waals surface area contributed by atoms with Crippen molar-refractivity contribution < 1.29 is 13.2 Å². The third-order valence-electron chi connectivity index (χ3n) is 4.69. The fraction of sp³-hybridized carbons (Fsp3) is 0.316. The summed E-state index contributed by atoms with van der Waals surface area (Å²) in [7, 11) is -3.56. The lowest BCUT2D eigenvalue weighted by molar-refractivity contribution is 0.103. The summed E-state index contributed by atoms with van der Waals surface area (Å²) in [4.78, 5) is 4.36. The van der Waals surface area contributed by atoms with Gasteiger partial charge in [-0.15, -0.1) is 5.10 Å². The van der Waals surface area contributed by atoms with E-state index in [1.165, 1.54) is 4.31 Å². The molecule has 1 aliphatic rings. The van der Waals surface area contributed by atoms with Crippen LogP contribution >= 0.6 is 0 Å². The molecule has 3 heterocycles. The molecular formula is C19H21N5O3S. The van der Waals surface area contributed by atoms with E-state index in [4.69, 9.17) is 4.74 Å². The minimum Gasteiger partial charge on any atom is -0.370 e. The zero-order chi connectivity index (χ0) is 19.6. The van der Waals surface area contributed by atoms with Gasteiger partial charge in [0.25, 0.3) is 0 Å². The highest BCUT2D eigenvalue weighted by atomic mass is 32.2. The van der Waals surface area contributed by atoms with E-state index >= 15 is 0 Å². The van der Waals surface area contributed by atoms with Gasteiger partial charge in [0.2, 0.25) is 10.0 Å². The van der Waals surface area contributed by atoms with Crippen molar-refractivity contribution in [2.75, 3.05) is 6.54 Å². The monoisotopic (exact) mass is 399 g/mol. The van der Waals surface area contributed by atoms with Crippen LogP contribution in [0.3, 0.4) is 0 Å². The van der Waals surface area contributed by atoms with Crippen molar-refractivity contribution in [3.05, 3.63) is 71.3 Å². The summed E-state index contributed by atoms with van der Waals surface area (Å²) in [5.74, 6) is 0. The summed E-state index contributed by atoms with van der Waals surface area (Å²) < 4.78 is 34.9. The van der Waals surface area contributed by atoms with E-state index in [9.17, 15) is 8.42 Å². The summed E-state index contributed by atoms with van der Waals surface area (Å²) in [5.41, 5.74) is 3.42. The second kappa shape index (κ2) is 7.78. The van der Waals surface area contributed by atoms with Gasteiger partial charge in [-0.3, -0.25) is 4.98 Å².